The predicted molar refractivity (Wildman–Crippen MR) is 61.5 cm³/mol. The first-order valence-corrected chi connectivity index (χ1v) is 5.35. The minimum atomic E-state index is -0.785. The quantitative estimate of drug-likeness (QED) is 0.643. The van der Waals surface area contributed by atoms with Crippen LogP contribution in [0.3, 0.4) is 0 Å². The number of aliphatic hydroxyl groups is 1. The van der Waals surface area contributed by atoms with E-state index in [2.05, 4.69) is 6.58 Å². The third-order valence-electron chi connectivity index (χ3n) is 1.79. The second kappa shape index (κ2) is 8.94. The van der Waals surface area contributed by atoms with Gasteiger partial charge in [0.2, 0.25) is 0 Å². The summed E-state index contributed by atoms with van der Waals surface area (Å²) in [7, 11) is 4.48. The van der Waals surface area contributed by atoms with E-state index in [1.54, 1.807) is 16.9 Å². The van der Waals surface area contributed by atoms with Crippen LogP contribution < -0.4 is 0 Å². The molecule has 0 rings (SSSR count). The van der Waals surface area contributed by atoms with E-state index < -0.39 is 18.5 Å². The Balaban J connectivity index is 4.30. The van der Waals surface area contributed by atoms with Gasteiger partial charge in [0, 0.05) is 21.3 Å². The van der Waals surface area contributed by atoms with Gasteiger partial charge in [-0.2, -0.15) is 0 Å². The average Bonchev–Trinajstić information content (AvgIpc) is 2.25. The lowest BCUT2D eigenvalue weighted by molar-refractivity contribution is -0.193. The monoisotopic (exact) mass is 234 g/mol. The molecule has 0 aromatic heterocycles. The van der Waals surface area contributed by atoms with E-state index in [1.807, 2.05) is 0 Å². The van der Waals surface area contributed by atoms with Crippen LogP contribution in [0, 0.1) is 0 Å². The molecule has 0 aliphatic carbocycles. The maximum atomic E-state index is 9.75. The molecule has 5 heteroatoms. The summed E-state index contributed by atoms with van der Waals surface area (Å²) in [5.41, 5.74) is 0. The Morgan fingerprint density at radius 1 is 1.20 bits per heavy atom. The van der Waals surface area contributed by atoms with Crippen LogP contribution >= 0.6 is 11.8 Å². The normalized spacial score (nSPS) is 15.8. The summed E-state index contributed by atoms with van der Waals surface area (Å²) in [6.07, 6.45) is -0.330. The Kier molecular flexibility index (Phi) is 8.74. The molecule has 0 saturated carbocycles. The van der Waals surface area contributed by atoms with E-state index in [0.29, 0.717) is 0 Å². The van der Waals surface area contributed by atoms with Gasteiger partial charge in [0.05, 0.1) is 0 Å². The Labute approximate surface area is 94.9 Å². The minimum absolute atomic E-state index is 0.554. The first-order valence-electron chi connectivity index (χ1n) is 4.40. The standard InChI is InChI=1S/C10H18O4S/c1-5-15-7-6-8(11)9(12-2)10(13-3)14-4/h5-11H,1H2,2-4H3/b7-6+. The van der Waals surface area contributed by atoms with Crippen molar-refractivity contribution in [1.29, 1.82) is 0 Å². The summed E-state index contributed by atoms with van der Waals surface area (Å²) in [4.78, 5) is 0. The molecule has 0 bridgehead atoms. The van der Waals surface area contributed by atoms with Crippen molar-refractivity contribution < 1.29 is 19.3 Å². The lowest BCUT2D eigenvalue weighted by atomic mass is 10.2. The molecule has 0 fully saturated rings. The van der Waals surface area contributed by atoms with E-state index in [9.17, 15) is 5.11 Å². The Hall–Kier alpha value is -0.330. The van der Waals surface area contributed by atoms with Crippen molar-refractivity contribution in [2.45, 2.75) is 18.5 Å². The highest BCUT2D eigenvalue weighted by atomic mass is 32.2. The highest BCUT2D eigenvalue weighted by Gasteiger charge is 2.26. The van der Waals surface area contributed by atoms with Crippen molar-refractivity contribution in [1.82, 2.24) is 0 Å². The minimum Gasteiger partial charge on any atom is -0.386 e. The molecule has 2 atom stereocenters. The SMILES string of the molecule is C=CS/C=C/C(O)C(OC)C(OC)OC. The van der Waals surface area contributed by atoms with Crippen LogP contribution in [0.5, 0.6) is 0 Å². The van der Waals surface area contributed by atoms with E-state index in [-0.39, 0.29) is 0 Å². The molecule has 88 valence electrons. The van der Waals surface area contributed by atoms with Crippen LogP contribution in [0.1, 0.15) is 0 Å². The van der Waals surface area contributed by atoms with Crippen molar-refractivity contribution in [2.75, 3.05) is 21.3 Å². The van der Waals surface area contributed by atoms with Crippen LogP contribution in [0.15, 0.2) is 23.5 Å². The van der Waals surface area contributed by atoms with Crippen LogP contribution in [0.4, 0.5) is 0 Å². The van der Waals surface area contributed by atoms with Gasteiger partial charge >= 0.3 is 0 Å². The van der Waals surface area contributed by atoms with Gasteiger partial charge in [0.1, 0.15) is 12.2 Å². The Morgan fingerprint density at radius 2 is 1.80 bits per heavy atom. The van der Waals surface area contributed by atoms with Crippen LogP contribution in [-0.4, -0.2) is 44.9 Å². The fourth-order valence-corrected chi connectivity index (χ4v) is 1.43. The zero-order valence-corrected chi connectivity index (χ0v) is 10.1. The molecule has 0 spiro atoms. The third kappa shape index (κ3) is 5.34. The number of ether oxygens (including phenoxy) is 3. The summed E-state index contributed by atoms with van der Waals surface area (Å²) in [5, 5.41) is 13.1. The van der Waals surface area contributed by atoms with Crippen LogP contribution in [0.2, 0.25) is 0 Å². The zero-order chi connectivity index (χ0) is 11.7. The van der Waals surface area contributed by atoms with Gasteiger partial charge in [-0.1, -0.05) is 6.58 Å². The molecule has 0 radical (unpaired) electrons. The van der Waals surface area contributed by atoms with E-state index in [0.717, 1.165) is 0 Å². The molecule has 15 heavy (non-hydrogen) atoms. The van der Waals surface area contributed by atoms with Crippen molar-refractivity contribution >= 4 is 11.8 Å². The van der Waals surface area contributed by atoms with Crippen molar-refractivity contribution in [3.05, 3.63) is 23.5 Å². The average molecular weight is 234 g/mol. The molecule has 2 unspecified atom stereocenters. The second-order valence-electron chi connectivity index (χ2n) is 2.66. The molecule has 0 saturated heterocycles. The van der Waals surface area contributed by atoms with Gasteiger partial charge in [-0.25, -0.2) is 0 Å². The molecule has 0 aromatic carbocycles. The van der Waals surface area contributed by atoms with Crippen LogP contribution in [0.25, 0.3) is 0 Å². The summed E-state index contributed by atoms with van der Waals surface area (Å²) in [6.45, 7) is 3.54. The molecule has 0 amide bonds. The number of hydrogen-bond donors (Lipinski definition) is 1. The second-order valence-corrected chi connectivity index (χ2v) is 3.54. The fourth-order valence-electron chi connectivity index (χ4n) is 1.07. The number of hydrogen-bond acceptors (Lipinski definition) is 5. The van der Waals surface area contributed by atoms with Crippen molar-refractivity contribution in [2.24, 2.45) is 0 Å². The zero-order valence-electron chi connectivity index (χ0n) is 9.25. The van der Waals surface area contributed by atoms with Gasteiger partial charge in [-0.3, -0.25) is 0 Å². The molecule has 0 aliphatic rings. The van der Waals surface area contributed by atoms with E-state index in [1.165, 1.54) is 33.1 Å². The van der Waals surface area contributed by atoms with Crippen molar-refractivity contribution in [3.8, 4) is 0 Å². The third-order valence-corrected chi connectivity index (χ3v) is 2.30. The Morgan fingerprint density at radius 3 is 2.20 bits per heavy atom. The maximum Gasteiger partial charge on any atom is 0.185 e. The van der Waals surface area contributed by atoms with Gasteiger partial charge in [0.15, 0.2) is 6.29 Å². The highest BCUT2D eigenvalue weighted by molar-refractivity contribution is 8.04. The molecule has 0 aliphatic heterocycles. The molecular weight excluding hydrogens is 216 g/mol. The Bertz CT molecular complexity index is 192. The number of thioether (sulfide) groups is 1. The molecule has 0 heterocycles. The lowest BCUT2D eigenvalue weighted by Crippen LogP contribution is -2.40. The smallest absolute Gasteiger partial charge is 0.185 e. The van der Waals surface area contributed by atoms with Gasteiger partial charge in [-0.15, -0.1) is 11.8 Å². The maximum absolute atomic E-state index is 9.75. The molecule has 4 nitrogen and oxygen atoms in total. The number of methoxy groups -OCH3 is 3. The first-order chi connectivity index (χ1) is 7.21. The topological polar surface area (TPSA) is 47.9 Å². The fraction of sp³-hybridized carbons (Fsp3) is 0.600. The number of aliphatic hydroxyl groups excluding tert-OH is 1. The predicted octanol–water partition coefficient (Wildman–Crippen LogP) is 1.37. The largest absolute Gasteiger partial charge is 0.386 e. The highest BCUT2D eigenvalue weighted by Crippen LogP contribution is 2.12. The van der Waals surface area contributed by atoms with Crippen molar-refractivity contribution in [3.63, 3.8) is 0 Å². The van der Waals surface area contributed by atoms with E-state index in [4.69, 9.17) is 14.2 Å². The van der Waals surface area contributed by atoms with E-state index >= 15 is 0 Å². The summed E-state index contributed by atoms with van der Waals surface area (Å²) >= 11 is 1.38. The molecule has 0 aromatic rings. The summed E-state index contributed by atoms with van der Waals surface area (Å²) in [5.74, 6) is 0. The summed E-state index contributed by atoms with van der Waals surface area (Å²) in [6, 6.07) is 0. The van der Waals surface area contributed by atoms with Gasteiger partial charge in [0.25, 0.3) is 0 Å². The van der Waals surface area contributed by atoms with Gasteiger partial charge < -0.3 is 19.3 Å². The number of rotatable bonds is 8. The lowest BCUT2D eigenvalue weighted by Gasteiger charge is -2.25. The summed E-state index contributed by atoms with van der Waals surface area (Å²) < 4.78 is 15.1. The van der Waals surface area contributed by atoms with Crippen LogP contribution in [-0.2, 0) is 14.2 Å². The van der Waals surface area contributed by atoms with Gasteiger partial charge in [-0.05, 0) is 16.9 Å². The molecule has 1 N–H and O–H groups in total. The first kappa shape index (κ1) is 14.7. The molecular formula is C10H18O4S.